The highest BCUT2D eigenvalue weighted by Crippen LogP contribution is 2.60. The molecule has 0 bridgehead atoms. The van der Waals surface area contributed by atoms with Crippen LogP contribution in [0.4, 0.5) is 4.79 Å². The van der Waals surface area contributed by atoms with E-state index in [1.807, 2.05) is 50.8 Å². The monoisotopic (exact) mass is 574 g/mol. The largest absolute Gasteiger partial charge is 0.444 e. The molecule has 2 amide bonds. The smallest absolute Gasteiger partial charge is 0.408 e. The molecule has 4 aliphatic rings. The Labute approximate surface area is 252 Å². The number of rotatable bonds is 5. The molecule has 3 N–H and O–H groups in total. The zero-order valence-electron chi connectivity index (χ0n) is 26.6. The Kier molecular flexibility index (Phi) is 7.76. The first-order valence-electron chi connectivity index (χ1n) is 15.6. The maximum absolute atomic E-state index is 12.6. The number of likely N-dealkylation sites (tertiary alicyclic amines) is 2. The molecule has 2 aromatic carbocycles. The van der Waals surface area contributed by atoms with Crippen molar-refractivity contribution in [2.24, 2.45) is 16.6 Å². The summed E-state index contributed by atoms with van der Waals surface area (Å²) >= 11 is 0. The van der Waals surface area contributed by atoms with Gasteiger partial charge in [-0.3, -0.25) is 9.69 Å². The lowest BCUT2D eigenvalue weighted by Crippen LogP contribution is -2.54. The third-order valence-corrected chi connectivity index (χ3v) is 10.4. The van der Waals surface area contributed by atoms with Gasteiger partial charge in [-0.15, -0.1) is 0 Å². The van der Waals surface area contributed by atoms with E-state index in [0.717, 1.165) is 25.9 Å². The van der Waals surface area contributed by atoms with Crippen LogP contribution >= 0.6 is 0 Å². The lowest BCUT2D eigenvalue weighted by molar-refractivity contribution is -0.134. The van der Waals surface area contributed by atoms with Crippen LogP contribution in [0.3, 0.4) is 0 Å². The van der Waals surface area contributed by atoms with Crippen LogP contribution in [-0.4, -0.2) is 58.1 Å². The maximum atomic E-state index is 12.6. The molecule has 7 heteroatoms. The fourth-order valence-corrected chi connectivity index (χ4v) is 7.20. The van der Waals surface area contributed by atoms with Crippen molar-refractivity contribution >= 4 is 12.0 Å². The zero-order chi connectivity index (χ0) is 30.6. The molecule has 2 saturated heterocycles. The van der Waals surface area contributed by atoms with Gasteiger partial charge < -0.3 is 20.7 Å². The van der Waals surface area contributed by atoms with Crippen molar-refractivity contribution in [1.29, 1.82) is 0 Å². The van der Waals surface area contributed by atoms with E-state index in [9.17, 15) is 9.59 Å². The molecule has 228 valence electrons. The Bertz CT molecular complexity index is 1280. The maximum Gasteiger partial charge on any atom is 0.408 e. The molecule has 4 atom stereocenters. The van der Waals surface area contributed by atoms with Crippen LogP contribution in [0.5, 0.6) is 0 Å². The molecule has 2 aromatic rings. The van der Waals surface area contributed by atoms with E-state index < -0.39 is 5.60 Å². The molecule has 2 spiro atoms. The molecule has 0 aromatic heterocycles. The van der Waals surface area contributed by atoms with Crippen LogP contribution in [0.2, 0.25) is 0 Å². The van der Waals surface area contributed by atoms with Crippen LogP contribution in [0.15, 0.2) is 60.7 Å². The summed E-state index contributed by atoms with van der Waals surface area (Å²) in [6.45, 7) is 16.8. The number of nitrogens with zero attached hydrogens (tertiary/aromatic N) is 2. The second-order valence-corrected chi connectivity index (χ2v) is 14.8. The minimum Gasteiger partial charge on any atom is -0.444 e. The summed E-state index contributed by atoms with van der Waals surface area (Å²) in [5, 5.41) is 3.20. The van der Waals surface area contributed by atoms with E-state index >= 15 is 0 Å². The topological polar surface area (TPSA) is 87.9 Å². The van der Waals surface area contributed by atoms with Gasteiger partial charge in [0.05, 0.1) is 17.0 Å². The first kappa shape index (κ1) is 30.6. The number of ether oxygens (including phenoxy) is 1. The molecule has 6 rings (SSSR count). The molecule has 7 nitrogen and oxygen atoms in total. The fourth-order valence-electron chi connectivity index (χ4n) is 7.20. The zero-order valence-corrected chi connectivity index (χ0v) is 26.6. The van der Waals surface area contributed by atoms with E-state index in [4.69, 9.17) is 10.5 Å². The van der Waals surface area contributed by atoms with Gasteiger partial charge in [-0.05, 0) is 85.3 Å². The summed E-state index contributed by atoms with van der Waals surface area (Å²) in [7, 11) is 0. The molecular formula is C35H50N4O3. The predicted molar refractivity (Wildman–Crippen MR) is 167 cm³/mol. The molecule has 0 radical (unpaired) electrons. The van der Waals surface area contributed by atoms with Crippen molar-refractivity contribution in [3.05, 3.63) is 71.8 Å². The van der Waals surface area contributed by atoms with Gasteiger partial charge in [0.1, 0.15) is 5.60 Å². The van der Waals surface area contributed by atoms with Gasteiger partial charge in [0, 0.05) is 36.6 Å². The lowest BCUT2D eigenvalue weighted by atomic mass is 9.86. The van der Waals surface area contributed by atoms with E-state index in [-0.39, 0.29) is 40.0 Å². The van der Waals surface area contributed by atoms with Gasteiger partial charge in [0.25, 0.3) is 0 Å². The number of carbonyl (C=O) groups excluding carboxylic acids is 2. The first-order valence-corrected chi connectivity index (χ1v) is 15.6. The molecular weight excluding hydrogens is 524 g/mol. The Hall–Kier alpha value is -2.90. The number of amides is 2. The highest BCUT2D eigenvalue weighted by molar-refractivity contribution is 5.90. The van der Waals surface area contributed by atoms with E-state index in [2.05, 4.69) is 73.5 Å². The van der Waals surface area contributed by atoms with Crippen LogP contribution in [0.25, 0.3) is 0 Å². The lowest BCUT2D eigenvalue weighted by Gasteiger charge is -2.33. The Balaban J connectivity index is 0.000000175. The molecule has 2 aliphatic heterocycles. The summed E-state index contributed by atoms with van der Waals surface area (Å²) < 4.78 is 5.50. The highest BCUT2D eigenvalue weighted by atomic mass is 16.6. The normalized spacial score (nSPS) is 28.7. The number of hydrogen-bond donors (Lipinski definition) is 2. The SMILES string of the molecule is C[C@H](c1ccccc1)N1CC2(CC2)[C@](C)(NC(=O)OC(C)(C)C)C1.C[C@H](c1ccccc1)N1C[C@@](C)(N)C2(CC2)C1=O. The summed E-state index contributed by atoms with van der Waals surface area (Å²) in [5.74, 6) is 0.254. The van der Waals surface area contributed by atoms with Crippen LogP contribution in [-0.2, 0) is 9.53 Å². The number of nitrogens with two attached hydrogens (primary N) is 1. The number of nitrogens with one attached hydrogen (secondary N) is 1. The Morgan fingerprint density at radius 3 is 1.83 bits per heavy atom. The van der Waals surface area contributed by atoms with E-state index in [1.54, 1.807) is 0 Å². The van der Waals surface area contributed by atoms with Crippen molar-refractivity contribution in [3.8, 4) is 0 Å². The van der Waals surface area contributed by atoms with Crippen LogP contribution < -0.4 is 11.1 Å². The quantitative estimate of drug-likeness (QED) is 0.443. The molecule has 2 saturated carbocycles. The summed E-state index contributed by atoms with van der Waals surface area (Å²) in [6, 6.07) is 21.2. The molecule has 0 unspecified atom stereocenters. The third-order valence-electron chi connectivity index (χ3n) is 10.4. The van der Waals surface area contributed by atoms with Gasteiger partial charge >= 0.3 is 6.09 Å². The summed E-state index contributed by atoms with van der Waals surface area (Å²) in [6.07, 6.45) is 3.97. The second-order valence-electron chi connectivity index (χ2n) is 14.8. The average Bonchev–Trinajstić information content (AvgIpc) is 3.84. The second kappa shape index (κ2) is 10.7. The number of alkyl carbamates (subject to hydrolysis) is 1. The minimum atomic E-state index is -0.465. The average molecular weight is 575 g/mol. The summed E-state index contributed by atoms with van der Waals surface area (Å²) in [5.41, 5.74) is 7.75. The molecule has 4 fully saturated rings. The van der Waals surface area contributed by atoms with Crippen molar-refractivity contribution in [2.45, 2.75) is 103 Å². The van der Waals surface area contributed by atoms with Crippen molar-refractivity contribution in [3.63, 3.8) is 0 Å². The Morgan fingerprint density at radius 2 is 1.38 bits per heavy atom. The van der Waals surface area contributed by atoms with Crippen LogP contribution in [0, 0.1) is 10.8 Å². The van der Waals surface area contributed by atoms with E-state index in [1.165, 1.54) is 24.0 Å². The van der Waals surface area contributed by atoms with Gasteiger partial charge in [-0.25, -0.2) is 4.79 Å². The molecule has 2 heterocycles. The van der Waals surface area contributed by atoms with Crippen molar-refractivity contribution in [1.82, 2.24) is 15.1 Å². The minimum absolute atomic E-state index is 0.113. The van der Waals surface area contributed by atoms with Gasteiger partial charge in [0.15, 0.2) is 0 Å². The van der Waals surface area contributed by atoms with Gasteiger partial charge in [-0.2, -0.15) is 0 Å². The number of benzene rings is 2. The standard InChI is InChI=1S/C20H30N2O2.C15H20N2O/c1-15(16-9-7-6-8-10-16)22-13-19(5,20(14-22)11-12-20)21-17(23)24-18(2,3)4;1-11(12-6-4-3-5-7-12)17-10-14(2,16)15(8-9-15)13(17)18/h6-10,15H,11-14H2,1-5H3,(H,21,23);3-7,11H,8-10,16H2,1-2H3/t15-,19-;11-,14-/m11/s1. The third kappa shape index (κ3) is 5.70. The first-order chi connectivity index (χ1) is 19.6. The number of hydrogen-bond acceptors (Lipinski definition) is 5. The molecule has 2 aliphatic carbocycles. The summed E-state index contributed by atoms with van der Waals surface area (Å²) in [4.78, 5) is 29.4. The predicted octanol–water partition coefficient (Wildman–Crippen LogP) is 6.21. The van der Waals surface area contributed by atoms with Gasteiger partial charge in [-0.1, -0.05) is 60.7 Å². The number of carbonyl (C=O) groups is 2. The van der Waals surface area contributed by atoms with Crippen LogP contribution in [0.1, 0.15) is 97.4 Å². The van der Waals surface area contributed by atoms with Crippen molar-refractivity contribution < 1.29 is 14.3 Å². The Morgan fingerprint density at radius 1 is 0.857 bits per heavy atom. The molecule has 42 heavy (non-hydrogen) atoms. The fraction of sp³-hybridized carbons (Fsp3) is 0.600. The van der Waals surface area contributed by atoms with Crippen molar-refractivity contribution in [2.75, 3.05) is 19.6 Å². The van der Waals surface area contributed by atoms with E-state index in [0.29, 0.717) is 12.6 Å². The highest BCUT2D eigenvalue weighted by Gasteiger charge is 2.67. The van der Waals surface area contributed by atoms with Gasteiger partial charge in [0.2, 0.25) is 5.91 Å².